The van der Waals surface area contributed by atoms with E-state index in [0.29, 0.717) is 0 Å². The molecule has 1 saturated carbocycles. The van der Waals surface area contributed by atoms with Gasteiger partial charge >= 0.3 is 0 Å². The van der Waals surface area contributed by atoms with E-state index in [4.69, 9.17) is 5.90 Å². The summed E-state index contributed by atoms with van der Waals surface area (Å²) in [4.78, 5) is 4.29. The van der Waals surface area contributed by atoms with Crippen LogP contribution < -0.4 is 11.4 Å². The highest BCUT2D eigenvalue weighted by Gasteiger charge is 2.22. The van der Waals surface area contributed by atoms with Crippen LogP contribution in [0.2, 0.25) is 0 Å². The first-order valence-corrected chi connectivity index (χ1v) is 4.12. The topological polar surface area (TPSA) is 47.3 Å². The molecule has 0 aromatic heterocycles. The fourth-order valence-electron chi connectivity index (χ4n) is 1.31. The van der Waals surface area contributed by atoms with Crippen LogP contribution in [0.15, 0.2) is 24.3 Å². The van der Waals surface area contributed by atoms with Crippen molar-refractivity contribution in [3.63, 3.8) is 0 Å². The molecule has 1 fully saturated rings. The quantitative estimate of drug-likeness (QED) is 0.669. The van der Waals surface area contributed by atoms with Crippen molar-refractivity contribution >= 4 is 5.69 Å². The molecular formula is C9H12N2O. The first kappa shape index (κ1) is 7.58. The molecule has 64 valence electrons. The Hall–Kier alpha value is -1.06. The summed E-state index contributed by atoms with van der Waals surface area (Å²) in [6.45, 7) is 0. The van der Waals surface area contributed by atoms with E-state index >= 15 is 0 Å². The van der Waals surface area contributed by atoms with Gasteiger partial charge < -0.3 is 0 Å². The molecular weight excluding hydrogens is 152 g/mol. The minimum Gasteiger partial charge on any atom is -0.248 e. The van der Waals surface area contributed by atoms with E-state index < -0.39 is 0 Å². The first-order chi connectivity index (χ1) is 5.90. The molecule has 1 aliphatic rings. The van der Waals surface area contributed by atoms with Gasteiger partial charge in [0.25, 0.3) is 0 Å². The van der Waals surface area contributed by atoms with Gasteiger partial charge in [-0.15, -0.1) is 0 Å². The Labute approximate surface area is 71.4 Å². The maximum atomic E-state index is 4.86. The minimum absolute atomic E-state index is 0.804. The number of rotatable bonds is 3. The Morgan fingerprint density at radius 3 is 2.42 bits per heavy atom. The molecule has 2 rings (SSSR count). The average Bonchev–Trinajstić information content (AvgIpc) is 2.89. The highest BCUT2D eigenvalue weighted by atomic mass is 16.8. The van der Waals surface area contributed by atoms with E-state index in [9.17, 15) is 0 Å². The van der Waals surface area contributed by atoms with Crippen LogP contribution in [0.5, 0.6) is 0 Å². The van der Waals surface area contributed by atoms with E-state index in [-0.39, 0.29) is 0 Å². The Morgan fingerprint density at radius 1 is 1.25 bits per heavy atom. The third kappa shape index (κ3) is 1.57. The number of benzene rings is 1. The van der Waals surface area contributed by atoms with Crippen LogP contribution >= 0.6 is 0 Å². The molecule has 0 heterocycles. The van der Waals surface area contributed by atoms with Crippen LogP contribution in [0, 0.1) is 0 Å². The van der Waals surface area contributed by atoms with Crippen molar-refractivity contribution in [3.05, 3.63) is 29.8 Å². The molecule has 0 radical (unpaired) electrons. The van der Waals surface area contributed by atoms with Crippen molar-refractivity contribution in [1.82, 2.24) is 0 Å². The number of hydrogen-bond acceptors (Lipinski definition) is 3. The van der Waals surface area contributed by atoms with E-state index in [1.165, 1.54) is 18.4 Å². The molecule has 0 saturated heterocycles. The SMILES string of the molecule is NONc1ccc(C2CC2)cc1. The second-order valence-electron chi connectivity index (χ2n) is 3.12. The van der Waals surface area contributed by atoms with Gasteiger partial charge in [0.15, 0.2) is 0 Å². The van der Waals surface area contributed by atoms with Crippen molar-refractivity contribution in [1.29, 1.82) is 0 Å². The molecule has 0 amide bonds. The van der Waals surface area contributed by atoms with Gasteiger partial charge in [0.05, 0.1) is 5.69 Å². The Kier molecular flexibility index (Phi) is 1.98. The highest BCUT2D eigenvalue weighted by molar-refractivity contribution is 5.43. The number of hydrogen-bond donors (Lipinski definition) is 2. The van der Waals surface area contributed by atoms with Gasteiger partial charge in [0.1, 0.15) is 0 Å². The predicted octanol–water partition coefficient (Wildman–Crippen LogP) is 1.78. The molecule has 1 aliphatic carbocycles. The lowest BCUT2D eigenvalue weighted by Crippen LogP contribution is -2.06. The van der Waals surface area contributed by atoms with Gasteiger partial charge in [-0.1, -0.05) is 12.1 Å². The fourth-order valence-corrected chi connectivity index (χ4v) is 1.31. The van der Waals surface area contributed by atoms with Crippen molar-refractivity contribution in [2.75, 3.05) is 5.48 Å². The van der Waals surface area contributed by atoms with E-state index in [1.807, 2.05) is 12.1 Å². The molecule has 3 heteroatoms. The van der Waals surface area contributed by atoms with E-state index in [0.717, 1.165) is 11.6 Å². The summed E-state index contributed by atoms with van der Waals surface area (Å²) in [5.41, 5.74) is 4.88. The molecule has 12 heavy (non-hydrogen) atoms. The summed E-state index contributed by atoms with van der Waals surface area (Å²) < 4.78 is 0. The van der Waals surface area contributed by atoms with Crippen LogP contribution in [-0.2, 0) is 4.94 Å². The maximum absolute atomic E-state index is 4.86. The maximum Gasteiger partial charge on any atom is 0.0623 e. The molecule has 0 spiro atoms. The van der Waals surface area contributed by atoms with Gasteiger partial charge in [-0.25, -0.2) is 5.48 Å². The van der Waals surface area contributed by atoms with Crippen LogP contribution in [-0.4, -0.2) is 0 Å². The second-order valence-corrected chi connectivity index (χ2v) is 3.12. The first-order valence-electron chi connectivity index (χ1n) is 4.12. The van der Waals surface area contributed by atoms with Crippen LogP contribution in [0.25, 0.3) is 0 Å². The van der Waals surface area contributed by atoms with Crippen LogP contribution in [0.3, 0.4) is 0 Å². The van der Waals surface area contributed by atoms with Gasteiger partial charge in [-0.2, -0.15) is 10.8 Å². The zero-order valence-corrected chi connectivity index (χ0v) is 6.79. The van der Waals surface area contributed by atoms with Crippen molar-refractivity contribution in [3.8, 4) is 0 Å². The molecule has 3 N–H and O–H groups in total. The Balaban J connectivity index is 2.08. The van der Waals surface area contributed by atoms with Gasteiger partial charge in [0, 0.05) is 0 Å². The molecule has 0 bridgehead atoms. The normalized spacial score (nSPS) is 16.1. The van der Waals surface area contributed by atoms with Crippen molar-refractivity contribution in [2.24, 2.45) is 5.90 Å². The smallest absolute Gasteiger partial charge is 0.0623 e. The third-order valence-electron chi connectivity index (χ3n) is 2.14. The summed E-state index contributed by atoms with van der Waals surface area (Å²) in [5.74, 6) is 5.66. The summed E-state index contributed by atoms with van der Waals surface area (Å²) in [6, 6.07) is 8.17. The zero-order chi connectivity index (χ0) is 8.39. The molecule has 1 aromatic rings. The van der Waals surface area contributed by atoms with E-state index in [1.54, 1.807) is 0 Å². The van der Waals surface area contributed by atoms with E-state index in [2.05, 4.69) is 22.6 Å². The minimum atomic E-state index is 0.804. The fraction of sp³-hybridized carbons (Fsp3) is 0.333. The molecule has 3 nitrogen and oxygen atoms in total. The summed E-state index contributed by atoms with van der Waals surface area (Å²) >= 11 is 0. The molecule has 0 atom stereocenters. The standard InChI is InChI=1S/C9H12N2O/c10-12-11-9-5-3-8(4-6-9)7-1-2-7/h3-7,11H,1-2,10H2. The number of anilines is 1. The Bertz CT molecular complexity index is 254. The predicted molar refractivity (Wildman–Crippen MR) is 47.3 cm³/mol. The molecule has 1 aromatic carbocycles. The number of nitrogens with two attached hydrogens (primary N) is 1. The van der Waals surface area contributed by atoms with Gasteiger partial charge in [0.2, 0.25) is 0 Å². The monoisotopic (exact) mass is 164 g/mol. The Morgan fingerprint density at radius 2 is 1.92 bits per heavy atom. The van der Waals surface area contributed by atoms with Gasteiger partial charge in [-0.3, -0.25) is 0 Å². The average molecular weight is 164 g/mol. The van der Waals surface area contributed by atoms with Crippen molar-refractivity contribution < 1.29 is 4.94 Å². The zero-order valence-electron chi connectivity index (χ0n) is 6.79. The lowest BCUT2D eigenvalue weighted by molar-refractivity contribution is 0.201. The van der Waals surface area contributed by atoms with Gasteiger partial charge in [-0.05, 0) is 36.5 Å². The lowest BCUT2D eigenvalue weighted by Gasteiger charge is -2.02. The third-order valence-corrected chi connectivity index (χ3v) is 2.14. The van der Waals surface area contributed by atoms with Crippen LogP contribution in [0.1, 0.15) is 24.3 Å². The van der Waals surface area contributed by atoms with Crippen molar-refractivity contribution in [2.45, 2.75) is 18.8 Å². The largest absolute Gasteiger partial charge is 0.248 e. The summed E-state index contributed by atoms with van der Waals surface area (Å²) in [7, 11) is 0. The van der Waals surface area contributed by atoms with Crippen LogP contribution in [0.4, 0.5) is 5.69 Å². The molecule has 0 aliphatic heterocycles. The highest BCUT2D eigenvalue weighted by Crippen LogP contribution is 2.40. The summed E-state index contributed by atoms with van der Waals surface area (Å²) in [5, 5.41) is 0. The second kappa shape index (κ2) is 3.13. The summed E-state index contributed by atoms with van der Waals surface area (Å²) in [6.07, 6.45) is 2.67. The lowest BCUT2D eigenvalue weighted by atomic mass is 10.1. The molecule has 0 unspecified atom stereocenters. The number of nitrogens with one attached hydrogen (secondary N) is 1.